The lowest BCUT2D eigenvalue weighted by Crippen LogP contribution is -2.28. The molecule has 2 aromatic heterocycles. The van der Waals surface area contributed by atoms with Crippen LogP contribution in [0.5, 0.6) is 0 Å². The van der Waals surface area contributed by atoms with Crippen molar-refractivity contribution in [2.45, 2.75) is 17.2 Å². The zero-order chi connectivity index (χ0) is 14.6. The Morgan fingerprint density at radius 2 is 2.05 bits per heavy atom. The van der Waals surface area contributed by atoms with Crippen LogP contribution in [0.4, 0.5) is 0 Å². The maximum Gasteiger partial charge on any atom is 0.252 e. The van der Waals surface area contributed by atoms with Gasteiger partial charge in [-0.05, 0) is 37.0 Å². The van der Waals surface area contributed by atoms with E-state index in [4.69, 9.17) is 0 Å². The maximum atomic E-state index is 12.4. The molecule has 7 heteroatoms. The first-order valence-electron chi connectivity index (χ1n) is 6.26. The molecule has 0 spiro atoms. The predicted molar refractivity (Wildman–Crippen MR) is 84.9 cm³/mol. The van der Waals surface area contributed by atoms with E-state index >= 15 is 0 Å². The van der Waals surface area contributed by atoms with Crippen LogP contribution in [0.25, 0.3) is 0 Å². The van der Waals surface area contributed by atoms with Crippen LogP contribution in [0.1, 0.15) is 9.75 Å². The van der Waals surface area contributed by atoms with Crippen molar-refractivity contribution >= 4 is 32.7 Å². The molecule has 0 saturated heterocycles. The van der Waals surface area contributed by atoms with Gasteiger partial charge >= 0.3 is 0 Å². The van der Waals surface area contributed by atoms with E-state index in [1.54, 1.807) is 24.5 Å². The quantitative estimate of drug-likeness (QED) is 0.848. The molecule has 0 aliphatic carbocycles. The van der Waals surface area contributed by atoms with Crippen LogP contribution in [0.15, 0.2) is 33.9 Å². The summed E-state index contributed by atoms with van der Waals surface area (Å²) in [5.41, 5.74) is 0. The molecule has 0 bridgehead atoms. The Balaban J connectivity index is 2.04. The second-order valence-corrected chi connectivity index (χ2v) is 8.88. The number of hydrogen-bond donors (Lipinski definition) is 1. The summed E-state index contributed by atoms with van der Waals surface area (Å²) in [5, 5.41) is 5.03. The molecule has 0 radical (unpaired) electrons. The highest BCUT2D eigenvalue weighted by atomic mass is 32.2. The van der Waals surface area contributed by atoms with Crippen molar-refractivity contribution in [2.24, 2.45) is 0 Å². The van der Waals surface area contributed by atoms with E-state index in [9.17, 15) is 8.42 Å². The molecule has 0 aromatic carbocycles. The van der Waals surface area contributed by atoms with Crippen LogP contribution in [-0.4, -0.2) is 33.4 Å². The van der Waals surface area contributed by atoms with Gasteiger partial charge < -0.3 is 5.32 Å². The molecular weight excluding hydrogens is 312 g/mol. The van der Waals surface area contributed by atoms with Crippen LogP contribution in [0.3, 0.4) is 0 Å². The predicted octanol–water partition coefficient (Wildman–Crippen LogP) is 2.39. The molecule has 1 N–H and O–H groups in total. The Kier molecular flexibility index (Phi) is 5.34. The number of likely N-dealkylation sites (N-methyl/N-ethyl adjacent to an activating group) is 1. The lowest BCUT2D eigenvalue weighted by molar-refractivity contribution is 0.475. The highest BCUT2D eigenvalue weighted by Crippen LogP contribution is 2.24. The van der Waals surface area contributed by atoms with Gasteiger partial charge in [-0.1, -0.05) is 6.07 Å². The molecule has 0 atom stereocenters. The summed E-state index contributed by atoms with van der Waals surface area (Å²) in [6, 6.07) is 7.56. The van der Waals surface area contributed by atoms with Gasteiger partial charge in [0.25, 0.3) is 10.0 Å². The minimum Gasteiger partial charge on any atom is -0.315 e. The van der Waals surface area contributed by atoms with Crippen molar-refractivity contribution < 1.29 is 8.42 Å². The molecule has 110 valence electrons. The summed E-state index contributed by atoms with van der Waals surface area (Å²) >= 11 is 2.98. The summed E-state index contributed by atoms with van der Waals surface area (Å²) in [6.07, 6.45) is 0.752. The lowest BCUT2D eigenvalue weighted by atomic mass is 10.3. The van der Waals surface area contributed by atoms with E-state index in [0.717, 1.165) is 11.3 Å². The maximum absolute atomic E-state index is 12.4. The Labute approximate surface area is 128 Å². The first-order valence-corrected chi connectivity index (χ1v) is 9.39. The summed E-state index contributed by atoms with van der Waals surface area (Å²) in [6.45, 7) is 1.20. The third-order valence-corrected chi connectivity index (χ3v) is 7.25. The topological polar surface area (TPSA) is 49.4 Å². The van der Waals surface area contributed by atoms with Crippen molar-refractivity contribution in [2.75, 3.05) is 20.6 Å². The van der Waals surface area contributed by atoms with Gasteiger partial charge in [0, 0.05) is 29.9 Å². The van der Waals surface area contributed by atoms with Crippen LogP contribution in [0.2, 0.25) is 0 Å². The second kappa shape index (κ2) is 6.82. The van der Waals surface area contributed by atoms with E-state index in [1.165, 1.54) is 20.5 Å². The monoisotopic (exact) mass is 330 g/mol. The molecule has 2 aromatic rings. The molecule has 0 unspecified atom stereocenters. The summed E-state index contributed by atoms with van der Waals surface area (Å²) in [7, 11) is 0.127. The number of sulfonamides is 1. The number of thiophene rings is 2. The fourth-order valence-corrected chi connectivity index (χ4v) is 5.21. The van der Waals surface area contributed by atoms with Gasteiger partial charge in [-0.25, -0.2) is 8.42 Å². The van der Waals surface area contributed by atoms with Crippen LogP contribution in [-0.2, 0) is 23.0 Å². The smallest absolute Gasteiger partial charge is 0.252 e. The third kappa shape index (κ3) is 3.67. The first kappa shape index (κ1) is 15.7. The van der Waals surface area contributed by atoms with E-state index in [1.807, 2.05) is 30.6 Å². The zero-order valence-corrected chi connectivity index (χ0v) is 13.9. The lowest BCUT2D eigenvalue weighted by Gasteiger charge is -2.15. The van der Waals surface area contributed by atoms with E-state index < -0.39 is 10.0 Å². The van der Waals surface area contributed by atoms with Gasteiger partial charge in [-0.2, -0.15) is 4.31 Å². The minimum atomic E-state index is -3.36. The van der Waals surface area contributed by atoms with Crippen molar-refractivity contribution in [1.82, 2.24) is 9.62 Å². The molecule has 4 nitrogen and oxygen atoms in total. The molecule has 0 saturated carbocycles. The first-order chi connectivity index (χ1) is 9.54. The Bertz CT molecular complexity index is 632. The minimum absolute atomic E-state index is 0.413. The number of rotatable bonds is 7. The summed E-state index contributed by atoms with van der Waals surface area (Å²) in [4.78, 5) is 2.23. The van der Waals surface area contributed by atoms with Crippen molar-refractivity contribution in [3.63, 3.8) is 0 Å². The standard InChI is InChI=1S/C13H18N2O2S3/c1-14-10-12-5-6-13(19-12)20(16,17)15(2)8-7-11-4-3-9-18-11/h3-6,9,14H,7-8,10H2,1-2H3. The van der Waals surface area contributed by atoms with Gasteiger partial charge in [0.05, 0.1) is 0 Å². The van der Waals surface area contributed by atoms with Crippen molar-refractivity contribution in [1.29, 1.82) is 0 Å². The summed E-state index contributed by atoms with van der Waals surface area (Å²) in [5.74, 6) is 0. The van der Waals surface area contributed by atoms with Crippen molar-refractivity contribution in [3.05, 3.63) is 39.4 Å². The highest BCUT2D eigenvalue weighted by molar-refractivity contribution is 7.91. The van der Waals surface area contributed by atoms with Gasteiger partial charge in [0.2, 0.25) is 0 Å². The number of nitrogens with one attached hydrogen (secondary N) is 1. The fourth-order valence-electron chi connectivity index (χ4n) is 1.76. The molecule has 0 fully saturated rings. The SMILES string of the molecule is CNCc1ccc(S(=O)(=O)N(C)CCc2cccs2)s1. The van der Waals surface area contributed by atoms with Crippen LogP contribution < -0.4 is 5.32 Å². The average molecular weight is 330 g/mol. The molecule has 2 heterocycles. The molecule has 2 rings (SSSR count). The number of hydrogen-bond acceptors (Lipinski definition) is 5. The molecule has 0 aliphatic rings. The molecule has 0 amide bonds. The Morgan fingerprint density at radius 1 is 1.25 bits per heavy atom. The number of nitrogens with zero attached hydrogens (tertiary/aromatic N) is 1. The zero-order valence-electron chi connectivity index (χ0n) is 11.5. The second-order valence-electron chi connectivity index (χ2n) is 4.41. The molecule has 0 aliphatic heterocycles. The van der Waals surface area contributed by atoms with E-state index in [0.29, 0.717) is 17.3 Å². The highest BCUT2D eigenvalue weighted by Gasteiger charge is 2.22. The third-order valence-electron chi connectivity index (χ3n) is 2.91. The van der Waals surface area contributed by atoms with Gasteiger partial charge in [0.15, 0.2) is 0 Å². The van der Waals surface area contributed by atoms with Crippen LogP contribution >= 0.6 is 22.7 Å². The fraction of sp³-hybridized carbons (Fsp3) is 0.385. The van der Waals surface area contributed by atoms with E-state index in [-0.39, 0.29) is 0 Å². The van der Waals surface area contributed by atoms with Gasteiger partial charge in [-0.3, -0.25) is 0 Å². The Hall–Kier alpha value is -0.730. The van der Waals surface area contributed by atoms with Gasteiger partial charge in [0.1, 0.15) is 4.21 Å². The van der Waals surface area contributed by atoms with Crippen molar-refractivity contribution in [3.8, 4) is 0 Å². The molecule has 20 heavy (non-hydrogen) atoms. The normalized spacial score (nSPS) is 12.2. The molecular formula is C13H18N2O2S3. The van der Waals surface area contributed by atoms with Crippen LogP contribution in [0, 0.1) is 0 Å². The van der Waals surface area contributed by atoms with E-state index in [2.05, 4.69) is 5.32 Å². The Morgan fingerprint density at radius 3 is 2.70 bits per heavy atom. The largest absolute Gasteiger partial charge is 0.315 e. The summed E-state index contributed by atoms with van der Waals surface area (Å²) < 4.78 is 26.7. The van der Waals surface area contributed by atoms with Gasteiger partial charge in [-0.15, -0.1) is 22.7 Å². The average Bonchev–Trinajstić information content (AvgIpc) is 3.07.